The molecule has 3 nitrogen and oxygen atoms in total. The van der Waals surface area contributed by atoms with E-state index in [1.807, 2.05) is 54.8 Å². The summed E-state index contributed by atoms with van der Waals surface area (Å²) in [6, 6.07) is 15.7. The number of ether oxygens (including phenoxy) is 1. The van der Waals surface area contributed by atoms with E-state index in [1.165, 1.54) is 23.5 Å². The van der Waals surface area contributed by atoms with E-state index in [-0.39, 0.29) is 5.12 Å². The number of hydrogen-bond donors (Lipinski definition) is 0. The summed E-state index contributed by atoms with van der Waals surface area (Å²) >= 11 is 6.11. The Labute approximate surface area is 157 Å². The molecule has 0 saturated carbocycles. The first kappa shape index (κ1) is 17.3. The van der Waals surface area contributed by atoms with Gasteiger partial charge in [0, 0.05) is 10.0 Å². The molecule has 24 heavy (non-hydrogen) atoms. The average Bonchev–Trinajstić information content (AvgIpc) is 2.95. The van der Waals surface area contributed by atoms with Crippen LogP contribution in [0.5, 0.6) is 5.75 Å². The fraction of sp³-hybridized carbons (Fsp3) is 0.111. The molecule has 1 aliphatic rings. The van der Waals surface area contributed by atoms with Crippen LogP contribution in [0.15, 0.2) is 63.7 Å². The van der Waals surface area contributed by atoms with Crippen molar-refractivity contribution < 1.29 is 9.53 Å². The molecule has 0 aliphatic carbocycles. The molecule has 0 amide bonds. The Morgan fingerprint density at radius 2 is 2.04 bits per heavy atom. The van der Waals surface area contributed by atoms with Crippen LogP contribution in [0.4, 0.5) is 0 Å². The molecular formula is C18H14BrNO2S2. The van der Waals surface area contributed by atoms with Gasteiger partial charge in [-0.05, 0) is 47.9 Å². The SMILES string of the molecule is CSC1=N/C(=C\c2cc(Br)ccc2OCc2ccccc2)C(=O)S1. The Balaban J connectivity index is 1.86. The molecule has 2 aromatic carbocycles. The maximum Gasteiger partial charge on any atom is 0.244 e. The summed E-state index contributed by atoms with van der Waals surface area (Å²) in [6.45, 7) is 0.473. The highest BCUT2D eigenvalue weighted by Gasteiger charge is 2.21. The lowest BCUT2D eigenvalue weighted by molar-refractivity contribution is -0.107. The predicted molar refractivity (Wildman–Crippen MR) is 106 cm³/mol. The van der Waals surface area contributed by atoms with Crippen LogP contribution in [0.25, 0.3) is 6.08 Å². The van der Waals surface area contributed by atoms with Gasteiger partial charge in [-0.15, -0.1) is 11.8 Å². The van der Waals surface area contributed by atoms with E-state index < -0.39 is 0 Å². The molecule has 0 atom stereocenters. The van der Waals surface area contributed by atoms with E-state index in [9.17, 15) is 4.79 Å². The Hall–Kier alpha value is -1.50. The number of rotatable bonds is 4. The molecule has 0 N–H and O–H groups in total. The van der Waals surface area contributed by atoms with Gasteiger partial charge in [0.1, 0.15) is 22.4 Å². The average molecular weight is 420 g/mol. The number of nitrogens with zero attached hydrogens (tertiary/aromatic N) is 1. The topological polar surface area (TPSA) is 38.7 Å². The van der Waals surface area contributed by atoms with E-state index in [0.717, 1.165) is 25.7 Å². The maximum atomic E-state index is 12.0. The lowest BCUT2D eigenvalue weighted by Crippen LogP contribution is -1.97. The number of hydrogen-bond acceptors (Lipinski definition) is 5. The molecule has 3 rings (SSSR count). The minimum atomic E-state index is -0.0339. The van der Waals surface area contributed by atoms with E-state index in [4.69, 9.17) is 4.74 Å². The third-order valence-corrected chi connectivity index (χ3v) is 5.62. The van der Waals surface area contributed by atoms with Gasteiger partial charge in [0.15, 0.2) is 0 Å². The highest BCUT2D eigenvalue weighted by Crippen LogP contribution is 2.32. The second kappa shape index (κ2) is 8.05. The quantitative estimate of drug-likeness (QED) is 0.624. The molecule has 6 heteroatoms. The molecule has 0 saturated heterocycles. The summed E-state index contributed by atoms with van der Waals surface area (Å²) in [4.78, 5) is 16.4. The van der Waals surface area contributed by atoms with E-state index in [0.29, 0.717) is 12.3 Å². The highest BCUT2D eigenvalue weighted by molar-refractivity contribution is 9.10. The zero-order valence-electron chi connectivity index (χ0n) is 12.9. The summed E-state index contributed by atoms with van der Waals surface area (Å²) in [5.74, 6) is 0.722. The van der Waals surface area contributed by atoms with Gasteiger partial charge in [-0.1, -0.05) is 46.3 Å². The zero-order chi connectivity index (χ0) is 16.9. The molecule has 1 heterocycles. The Morgan fingerprint density at radius 1 is 1.25 bits per heavy atom. The van der Waals surface area contributed by atoms with E-state index >= 15 is 0 Å². The van der Waals surface area contributed by atoms with Gasteiger partial charge in [0.25, 0.3) is 0 Å². The lowest BCUT2D eigenvalue weighted by atomic mass is 10.1. The van der Waals surface area contributed by atoms with Gasteiger partial charge in [-0.3, -0.25) is 4.79 Å². The van der Waals surface area contributed by atoms with Crippen molar-refractivity contribution in [3.63, 3.8) is 0 Å². The molecule has 2 aromatic rings. The number of aliphatic imine (C=N–C) groups is 1. The summed E-state index contributed by atoms with van der Waals surface area (Å²) in [5, 5.41) is -0.0339. The van der Waals surface area contributed by atoms with Crippen LogP contribution in [0.1, 0.15) is 11.1 Å². The second-order valence-electron chi connectivity index (χ2n) is 4.96. The van der Waals surface area contributed by atoms with E-state index in [2.05, 4.69) is 20.9 Å². The molecule has 0 fully saturated rings. The monoisotopic (exact) mass is 419 g/mol. The molecule has 1 aliphatic heterocycles. The van der Waals surface area contributed by atoms with Gasteiger partial charge in [0.2, 0.25) is 5.12 Å². The van der Waals surface area contributed by atoms with Gasteiger partial charge in [-0.2, -0.15) is 0 Å². The third-order valence-electron chi connectivity index (χ3n) is 3.28. The van der Waals surface area contributed by atoms with Crippen molar-refractivity contribution in [2.24, 2.45) is 4.99 Å². The molecule has 0 aromatic heterocycles. The molecule has 0 unspecified atom stereocenters. The lowest BCUT2D eigenvalue weighted by Gasteiger charge is -2.10. The third kappa shape index (κ3) is 4.32. The number of benzene rings is 2. The van der Waals surface area contributed by atoms with Crippen molar-refractivity contribution in [2.45, 2.75) is 6.61 Å². The minimum Gasteiger partial charge on any atom is -0.488 e. The Morgan fingerprint density at radius 3 is 2.75 bits per heavy atom. The minimum absolute atomic E-state index is 0.0339. The van der Waals surface area contributed by atoms with Gasteiger partial charge < -0.3 is 4.74 Å². The van der Waals surface area contributed by atoms with Crippen LogP contribution in [0.2, 0.25) is 0 Å². The molecule has 0 radical (unpaired) electrons. The fourth-order valence-corrected chi connectivity index (χ4v) is 3.76. The van der Waals surface area contributed by atoms with Gasteiger partial charge >= 0.3 is 0 Å². The fourth-order valence-electron chi connectivity index (χ4n) is 2.12. The second-order valence-corrected chi connectivity index (χ2v) is 7.89. The molecule has 0 spiro atoms. The molecule has 0 bridgehead atoms. The smallest absolute Gasteiger partial charge is 0.244 e. The van der Waals surface area contributed by atoms with Crippen LogP contribution in [0.3, 0.4) is 0 Å². The Bertz CT molecular complexity index is 819. The van der Waals surface area contributed by atoms with Crippen molar-refractivity contribution >= 4 is 55.0 Å². The summed E-state index contributed by atoms with van der Waals surface area (Å²) in [6.07, 6.45) is 3.69. The first-order valence-electron chi connectivity index (χ1n) is 7.18. The number of carbonyl (C=O) groups excluding carboxylic acids is 1. The van der Waals surface area contributed by atoms with E-state index in [1.54, 1.807) is 6.08 Å². The van der Waals surface area contributed by atoms with Gasteiger partial charge in [0.05, 0.1) is 0 Å². The van der Waals surface area contributed by atoms with Crippen LogP contribution < -0.4 is 4.74 Å². The predicted octanol–water partition coefficient (Wildman–Crippen LogP) is 5.36. The highest BCUT2D eigenvalue weighted by atomic mass is 79.9. The summed E-state index contributed by atoms with van der Waals surface area (Å²) in [7, 11) is 0. The number of carbonyl (C=O) groups is 1. The zero-order valence-corrected chi connectivity index (χ0v) is 16.1. The van der Waals surface area contributed by atoms with Crippen LogP contribution in [0, 0.1) is 0 Å². The normalized spacial score (nSPS) is 15.7. The number of thioether (sulfide) groups is 2. The van der Waals surface area contributed by atoms with Crippen LogP contribution in [-0.4, -0.2) is 15.7 Å². The molecule has 122 valence electrons. The van der Waals surface area contributed by atoms with Crippen molar-refractivity contribution in [3.8, 4) is 5.75 Å². The summed E-state index contributed by atoms with van der Waals surface area (Å²) in [5.41, 5.74) is 2.37. The van der Waals surface area contributed by atoms with Crippen LogP contribution in [-0.2, 0) is 11.4 Å². The largest absolute Gasteiger partial charge is 0.488 e. The molecular weight excluding hydrogens is 406 g/mol. The van der Waals surface area contributed by atoms with Crippen molar-refractivity contribution in [3.05, 3.63) is 69.8 Å². The van der Waals surface area contributed by atoms with Crippen LogP contribution >= 0.6 is 39.5 Å². The Kier molecular flexibility index (Phi) is 5.81. The van der Waals surface area contributed by atoms with Crippen molar-refractivity contribution in [1.29, 1.82) is 0 Å². The summed E-state index contributed by atoms with van der Waals surface area (Å²) < 4.78 is 7.64. The maximum absolute atomic E-state index is 12.0. The van der Waals surface area contributed by atoms with Crippen molar-refractivity contribution in [1.82, 2.24) is 0 Å². The number of halogens is 1. The first-order valence-corrected chi connectivity index (χ1v) is 10.0. The van der Waals surface area contributed by atoms with Gasteiger partial charge in [-0.25, -0.2) is 4.99 Å². The van der Waals surface area contributed by atoms with Crippen molar-refractivity contribution in [2.75, 3.05) is 6.26 Å². The first-order chi connectivity index (χ1) is 11.7. The standard InChI is InChI=1S/C18H14BrNO2S2/c1-23-18-20-15(17(21)24-18)10-13-9-14(19)7-8-16(13)22-11-12-5-3-2-4-6-12/h2-10H,11H2,1H3/b15-10-.